The van der Waals surface area contributed by atoms with Crippen LogP contribution < -0.4 is 10.2 Å². The molecule has 0 aliphatic carbocycles. The van der Waals surface area contributed by atoms with E-state index in [1.165, 1.54) is 32.1 Å². The van der Waals surface area contributed by atoms with Crippen molar-refractivity contribution in [1.29, 1.82) is 0 Å². The predicted octanol–water partition coefficient (Wildman–Crippen LogP) is 4.92. The Morgan fingerprint density at radius 3 is 2.60 bits per heavy atom. The van der Waals surface area contributed by atoms with Gasteiger partial charge in [-0.15, -0.1) is 0 Å². The number of thiazole rings is 1. The van der Waals surface area contributed by atoms with Gasteiger partial charge in [0.25, 0.3) is 5.91 Å². The summed E-state index contributed by atoms with van der Waals surface area (Å²) in [7, 11) is 0. The minimum atomic E-state index is 0.0263. The Hall–Kier alpha value is -1.66. The van der Waals surface area contributed by atoms with Gasteiger partial charge in [0.2, 0.25) is 0 Å². The maximum Gasteiger partial charge on any atom is 0.251 e. The number of anilines is 1. The summed E-state index contributed by atoms with van der Waals surface area (Å²) >= 11 is 1.71. The molecule has 30 heavy (non-hydrogen) atoms. The lowest BCUT2D eigenvalue weighted by Crippen LogP contribution is -2.44. The highest BCUT2D eigenvalue weighted by Gasteiger charge is 2.24. The number of nitrogens with one attached hydrogen (secondary N) is 1. The Labute approximate surface area is 184 Å². The SMILES string of the molecule is CC1CCN(c2nc3ccc(C(=O)NCCCN4[C@H](C)CCC[C@H]4C)cc3s2)CC1. The molecule has 2 fully saturated rings. The van der Waals surface area contributed by atoms with Crippen LogP contribution in [0.4, 0.5) is 5.13 Å². The number of benzene rings is 1. The molecule has 2 aliphatic rings. The molecule has 2 aliphatic heterocycles. The van der Waals surface area contributed by atoms with Crippen molar-refractivity contribution in [3.8, 4) is 0 Å². The van der Waals surface area contributed by atoms with Crippen LogP contribution in [0.25, 0.3) is 10.2 Å². The highest BCUT2D eigenvalue weighted by atomic mass is 32.1. The van der Waals surface area contributed by atoms with E-state index in [1.54, 1.807) is 11.3 Å². The second-order valence-corrected chi connectivity index (χ2v) is 10.3. The van der Waals surface area contributed by atoms with Crippen LogP contribution in [-0.2, 0) is 0 Å². The van der Waals surface area contributed by atoms with Gasteiger partial charge in [-0.05, 0) is 70.1 Å². The molecule has 0 saturated carbocycles. The van der Waals surface area contributed by atoms with Crippen molar-refractivity contribution < 1.29 is 4.79 Å². The van der Waals surface area contributed by atoms with Crippen LogP contribution in [0.3, 0.4) is 0 Å². The van der Waals surface area contributed by atoms with Crippen LogP contribution in [0.2, 0.25) is 0 Å². The summed E-state index contributed by atoms with van der Waals surface area (Å²) in [5.41, 5.74) is 1.74. The average molecular weight is 429 g/mol. The number of hydrogen-bond donors (Lipinski definition) is 1. The summed E-state index contributed by atoms with van der Waals surface area (Å²) in [6.45, 7) is 11.0. The number of hydrogen-bond acceptors (Lipinski definition) is 5. The molecule has 4 rings (SSSR count). The van der Waals surface area contributed by atoms with Gasteiger partial charge in [0.1, 0.15) is 0 Å². The van der Waals surface area contributed by atoms with Gasteiger partial charge < -0.3 is 10.2 Å². The predicted molar refractivity (Wildman–Crippen MR) is 127 cm³/mol. The number of aromatic nitrogens is 1. The number of amides is 1. The summed E-state index contributed by atoms with van der Waals surface area (Å²) in [5.74, 6) is 0.839. The fourth-order valence-electron chi connectivity index (χ4n) is 4.87. The van der Waals surface area contributed by atoms with Crippen molar-refractivity contribution in [2.45, 2.75) is 71.4 Å². The Balaban J connectivity index is 1.31. The maximum absolute atomic E-state index is 12.7. The van der Waals surface area contributed by atoms with Gasteiger partial charge in [-0.1, -0.05) is 24.7 Å². The van der Waals surface area contributed by atoms with Crippen LogP contribution in [0, 0.1) is 5.92 Å². The lowest BCUT2D eigenvalue weighted by Gasteiger charge is -2.39. The molecule has 3 heterocycles. The maximum atomic E-state index is 12.7. The Bertz CT molecular complexity index is 848. The van der Waals surface area contributed by atoms with Gasteiger partial charge in [0.05, 0.1) is 10.2 Å². The van der Waals surface area contributed by atoms with E-state index in [4.69, 9.17) is 4.98 Å². The summed E-state index contributed by atoms with van der Waals surface area (Å²) in [6, 6.07) is 7.24. The number of carbonyl (C=O) groups excluding carboxylic acids is 1. The molecule has 2 atom stereocenters. The number of likely N-dealkylation sites (tertiary alicyclic amines) is 1. The van der Waals surface area contributed by atoms with E-state index in [2.05, 4.69) is 35.9 Å². The van der Waals surface area contributed by atoms with Gasteiger partial charge in [-0.3, -0.25) is 9.69 Å². The molecule has 2 saturated heterocycles. The quantitative estimate of drug-likeness (QED) is 0.664. The molecule has 0 bridgehead atoms. The van der Waals surface area contributed by atoms with Gasteiger partial charge in [-0.25, -0.2) is 4.98 Å². The monoisotopic (exact) mass is 428 g/mol. The Kier molecular flexibility index (Phi) is 6.94. The van der Waals surface area contributed by atoms with E-state index >= 15 is 0 Å². The molecule has 0 radical (unpaired) electrons. The molecule has 2 aromatic rings. The number of piperidine rings is 2. The first kappa shape index (κ1) is 21.6. The summed E-state index contributed by atoms with van der Waals surface area (Å²) in [5, 5.41) is 4.21. The van der Waals surface area contributed by atoms with Crippen molar-refractivity contribution in [2.75, 3.05) is 31.1 Å². The molecule has 1 amide bonds. The number of carbonyl (C=O) groups is 1. The molecule has 1 aromatic heterocycles. The van der Waals surface area contributed by atoms with Gasteiger partial charge in [0, 0.05) is 43.8 Å². The first-order valence-corrected chi connectivity index (χ1v) is 12.5. The zero-order chi connectivity index (χ0) is 21.1. The largest absolute Gasteiger partial charge is 0.352 e. The van der Waals surface area contributed by atoms with Crippen molar-refractivity contribution in [2.24, 2.45) is 5.92 Å². The van der Waals surface area contributed by atoms with Gasteiger partial charge in [0.15, 0.2) is 5.13 Å². The minimum Gasteiger partial charge on any atom is -0.352 e. The summed E-state index contributed by atoms with van der Waals surface area (Å²) < 4.78 is 1.10. The van der Waals surface area contributed by atoms with Crippen LogP contribution >= 0.6 is 11.3 Å². The second kappa shape index (κ2) is 9.65. The summed E-state index contributed by atoms with van der Waals surface area (Å²) in [6.07, 6.45) is 7.40. The van der Waals surface area contributed by atoms with Crippen molar-refractivity contribution in [3.63, 3.8) is 0 Å². The fourth-order valence-corrected chi connectivity index (χ4v) is 5.93. The molecule has 0 unspecified atom stereocenters. The average Bonchev–Trinajstić information content (AvgIpc) is 3.16. The lowest BCUT2D eigenvalue weighted by molar-refractivity contribution is 0.0925. The third-order valence-electron chi connectivity index (χ3n) is 6.95. The molecular weight excluding hydrogens is 392 g/mol. The first-order valence-electron chi connectivity index (χ1n) is 11.7. The Morgan fingerprint density at radius 1 is 1.13 bits per heavy atom. The normalized spacial score (nSPS) is 23.8. The topological polar surface area (TPSA) is 48.5 Å². The fraction of sp³-hybridized carbons (Fsp3) is 0.667. The molecule has 5 nitrogen and oxygen atoms in total. The van der Waals surface area contributed by atoms with Crippen LogP contribution in [0.1, 0.15) is 69.7 Å². The van der Waals surface area contributed by atoms with Crippen LogP contribution in [0.5, 0.6) is 0 Å². The van der Waals surface area contributed by atoms with Crippen LogP contribution in [-0.4, -0.2) is 54.1 Å². The minimum absolute atomic E-state index is 0.0263. The zero-order valence-electron chi connectivity index (χ0n) is 18.7. The molecule has 164 valence electrons. The van der Waals surface area contributed by atoms with E-state index in [-0.39, 0.29) is 5.91 Å². The van der Waals surface area contributed by atoms with Crippen molar-refractivity contribution >= 4 is 32.6 Å². The highest BCUT2D eigenvalue weighted by molar-refractivity contribution is 7.22. The van der Waals surface area contributed by atoms with E-state index < -0.39 is 0 Å². The van der Waals surface area contributed by atoms with Gasteiger partial charge >= 0.3 is 0 Å². The van der Waals surface area contributed by atoms with E-state index in [9.17, 15) is 4.79 Å². The molecule has 1 aromatic carbocycles. The van der Waals surface area contributed by atoms with E-state index in [1.807, 2.05) is 18.2 Å². The highest BCUT2D eigenvalue weighted by Crippen LogP contribution is 2.32. The zero-order valence-corrected chi connectivity index (χ0v) is 19.5. The number of rotatable bonds is 6. The van der Waals surface area contributed by atoms with Gasteiger partial charge in [-0.2, -0.15) is 0 Å². The summed E-state index contributed by atoms with van der Waals surface area (Å²) in [4.78, 5) is 22.5. The number of nitrogens with zero attached hydrogens (tertiary/aromatic N) is 3. The van der Waals surface area contributed by atoms with Crippen molar-refractivity contribution in [1.82, 2.24) is 15.2 Å². The lowest BCUT2D eigenvalue weighted by atomic mass is 9.97. The van der Waals surface area contributed by atoms with E-state index in [0.29, 0.717) is 12.1 Å². The third-order valence-corrected chi connectivity index (χ3v) is 8.03. The van der Waals surface area contributed by atoms with Crippen LogP contribution in [0.15, 0.2) is 18.2 Å². The number of fused-ring (bicyclic) bond motifs is 1. The molecule has 0 spiro atoms. The molecular formula is C24H36N4OS. The smallest absolute Gasteiger partial charge is 0.251 e. The molecule has 6 heteroatoms. The first-order chi connectivity index (χ1) is 14.5. The molecule has 1 N–H and O–H groups in total. The van der Waals surface area contributed by atoms with E-state index in [0.717, 1.165) is 59.4 Å². The standard InChI is InChI=1S/C24H36N4OS/c1-17-10-14-27(15-11-17)24-26-21-9-8-20(16-22(21)30-24)23(29)25-12-5-13-28-18(2)6-4-7-19(28)3/h8-9,16-19H,4-7,10-15H2,1-3H3,(H,25,29)/t18-,19-/m1/s1. The third kappa shape index (κ3) is 4.97. The Morgan fingerprint density at radius 2 is 1.87 bits per heavy atom. The second-order valence-electron chi connectivity index (χ2n) is 9.32. The van der Waals surface area contributed by atoms with Crippen molar-refractivity contribution in [3.05, 3.63) is 23.8 Å².